The molecule has 1 saturated heterocycles. The second-order valence-electron chi connectivity index (χ2n) is 4.49. The molecule has 4 heteroatoms. The number of hydrogen-bond acceptors (Lipinski definition) is 4. The molecule has 0 aromatic carbocycles. The normalized spacial score (nSPS) is 31.7. The Balaban J connectivity index is 2.58. The molecule has 0 bridgehead atoms. The summed E-state index contributed by atoms with van der Waals surface area (Å²) in [5, 5.41) is 8.74. The molecule has 84 valence electrons. The highest BCUT2D eigenvalue weighted by Crippen LogP contribution is 2.33. The summed E-state index contributed by atoms with van der Waals surface area (Å²) in [5.41, 5.74) is 5.26. The van der Waals surface area contributed by atoms with Crippen molar-refractivity contribution in [3.05, 3.63) is 0 Å². The molecule has 0 radical (unpaired) electrons. The number of nitrogens with two attached hydrogens (primary N) is 1. The number of rotatable bonds is 4. The minimum absolute atomic E-state index is 0.0447. The Bertz CT molecular complexity index is 184. The monoisotopic (exact) mass is 203 g/mol. The Morgan fingerprint density at radius 3 is 2.71 bits per heavy atom. The minimum atomic E-state index is -0.301. The van der Waals surface area contributed by atoms with Gasteiger partial charge in [0.2, 0.25) is 0 Å². The van der Waals surface area contributed by atoms with Crippen molar-refractivity contribution in [2.24, 2.45) is 5.73 Å². The van der Waals surface area contributed by atoms with Gasteiger partial charge in [-0.3, -0.25) is 0 Å². The lowest BCUT2D eigenvalue weighted by Gasteiger charge is -2.44. The SMILES string of the molecule is CC1(C)CC(CN)(OCCO)CCO1. The van der Waals surface area contributed by atoms with Crippen LogP contribution < -0.4 is 5.73 Å². The maximum atomic E-state index is 8.74. The van der Waals surface area contributed by atoms with Gasteiger partial charge < -0.3 is 20.3 Å². The van der Waals surface area contributed by atoms with Crippen LogP contribution in [0.15, 0.2) is 0 Å². The first-order valence-corrected chi connectivity index (χ1v) is 5.12. The van der Waals surface area contributed by atoms with Crippen molar-refractivity contribution in [1.82, 2.24) is 0 Å². The zero-order valence-electron chi connectivity index (χ0n) is 9.08. The van der Waals surface area contributed by atoms with Crippen LogP contribution in [-0.2, 0) is 9.47 Å². The first kappa shape index (κ1) is 11.9. The van der Waals surface area contributed by atoms with Crippen molar-refractivity contribution in [1.29, 1.82) is 0 Å². The third-order valence-corrected chi connectivity index (χ3v) is 2.67. The molecule has 0 aromatic heterocycles. The molecule has 0 amide bonds. The molecule has 1 fully saturated rings. The molecule has 1 atom stereocenters. The molecule has 3 N–H and O–H groups in total. The maximum Gasteiger partial charge on any atom is 0.0854 e. The van der Waals surface area contributed by atoms with Gasteiger partial charge in [0.25, 0.3) is 0 Å². The summed E-state index contributed by atoms with van der Waals surface area (Å²) in [6, 6.07) is 0. The third kappa shape index (κ3) is 2.92. The lowest BCUT2D eigenvalue weighted by molar-refractivity contribution is -0.168. The fourth-order valence-electron chi connectivity index (χ4n) is 2.05. The number of hydrogen-bond donors (Lipinski definition) is 2. The molecule has 4 nitrogen and oxygen atoms in total. The highest BCUT2D eigenvalue weighted by atomic mass is 16.5. The number of aliphatic hydroxyl groups is 1. The van der Waals surface area contributed by atoms with Gasteiger partial charge in [0, 0.05) is 19.4 Å². The summed E-state index contributed by atoms with van der Waals surface area (Å²) in [5.74, 6) is 0. The second-order valence-corrected chi connectivity index (χ2v) is 4.49. The Hall–Kier alpha value is -0.160. The second kappa shape index (κ2) is 4.57. The van der Waals surface area contributed by atoms with Crippen LogP contribution in [0.2, 0.25) is 0 Å². The van der Waals surface area contributed by atoms with Crippen molar-refractivity contribution in [2.75, 3.05) is 26.4 Å². The van der Waals surface area contributed by atoms with Crippen LogP contribution in [0.5, 0.6) is 0 Å². The standard InChI is InChI=1S/C10H21NO3/c1-9(2)7-10(8-11,3-5-13-9)14-6-4-12/h12H,3-8,11H2,1-2H3. The van der Waals surface area contributed by atoms with E-state index in [-0.39, 0.29) is 17.8 Å². The highest BCUT2D eigenvalue weighted by molar-refractivity contribution is 4.92. The van der Waals surface area contributed by atoms with E-state index in [0.717, 1.165) is 12.8 Å². The van der Waals surface area contributed by atoms with Gasteiger partial charge in [-0.15, -0.1) is 0 Å². The van der Waals surface area contributed by atoms with Crippen LogP contribution in [0.4, 0.5) is 0 Å². The van der Waals surface area contributed by atoms with E-state index in [0.29, 0.717) is 19.8 Å². The molecule has 14 heavy (non-hydrogen) atoms. The predicted octanol–water partition coefficient (Wildman–Crippen LogP) is 0.282. The Morgan fingerprint density at radius 1 is 1.50 bits per heavy atom. The Kier molecular flexibility index (Phi) is 3.89. The van der Waals surface area contributed by atoms with Gasteiger partial charge >= 0.3 is 0 Å². The zero-order chi connectivity index (χ0) is 10.7. The summed E-state index contributed by atoms with van der Waals surface area (Å²) in [6.45, 7) is 5.64. The van der Waals surface area contributed by atoms with E-state index in [4.69, 9.17) is 20.3 Å². The van der Waals surface area contributed by atoms with Crippen LogP contribution in [0.25, 0.3) is 0 Å². The van der Waals surface area contributed by atoms with Crippen molar-refractivity contribution >= 4 is 0 Å². The smallest absolute Gasteiger partial charge is 0.0854 e. The quantitative estimate of drug-likeness (QED) is 0.689. The van der Waals surface area contributed by atoms with E-state index < -0.39 is 0 Å². The molecule has 1 aliphatic heterocycles. The summed E-state index contributed by atoms with van der Waals surface area (Å²) in [6.07, 6.45) is 1.60. The van der Waals surface area contributed by atoms with E-state index in [1.54, 1.807) is 0 Å². The van der Waals surface area contributed by atoms with Gasteiger partial charge in [-0.25, -0.2) is 0 Å². The fourth-order valence-corrected chi connectivity index (χ4v) is 2.05. The summed E-state index contributed by atoms with van der Waals surface area (Å²) >= 11 is 0. The molecule has 0 aromatic rings. The third-order valence-electron chi connectivity index (χ3n) is 2.67. The Labute approximate surface area is 85.4 Å². The van der Waals surface area contributed by atoms with Crippen molar-refractivity contribution in [3.8, 4) is 0 Å². The topological polar surface area (TPSA) is 64.7 Å². The van der Waals surface area contributed by atoms with Crippen molar-refractivity contribution < 1.29 is 14.6 Å². The largest absolute Gasteiger partial charge is 0.394 e. The van der Waals surface area contributed by atoms with Crippen LogP contribution in [0.1, 0.15) is 26.7 Å². The molecule has 0 aliphatic carbocycles. The molecule has 0 spiro atoms. The molecule has 1 aliphatic rings. The summed E-state index contributed by atoms with van der Waals surface area (Å²) in [4.78, 5) is 0. The zero-order valence-corrected chi connectivity index (χ0v) is 9.08. The summed E-state index contributed by atoms with van der Waals surface area (Å²) < 4.78 is 11.3. The fraction of sp³-hybridized carbons (Fsp3) is 1.00. The Morgan fingerprint density at radius 2 is 2.21 bits per heavy atom. The summed E-state index contributed by atoms with van der Waals surface area (Å²) in [7, 11) is 0. The van der Waals surface area contributed by atoms with Crippen molar-refractivity contribution in [2.45, 2.75) is 37.9 Å². The first-order chi connectivity index (χ1) is 6.54. The minimum Gasteiger partial charge on any atom is -0.394 e. The van der Waals surface area contributed by atoms with Gasteiger partial charge in [-0.2, -0.15) is 0 Å². The van der Waals surface area contributed by atoms with Gasteiger partial charge in [-0.1, -0.05) is 0 Å². The van der Waals surface area contributed by atoms with Crippen LogP contribution in [0, 0.1) is 0 Å². The number of aliphatic hydroxyl groups excluding tert-OH is 1. The molecule has 1 rings (SSSR count). The molecule has 1 heterocycles. The molecule has 1 unspecified atom stereocenters. The van der Waals surface area contributed by atoms with Gasteiger partial charge in [-0.05, 0) is 13.8 Å². The van der Waals surface area contributed by atoms with Gasteiger partial charge in [0.1, 0.15) is 0 Å². The van der Waals surface area contributed by atoms with E-state index >= 15 is 0 Å². The van der Waals surface area contributed by atoms with Crippen LogP contribution in [0.3, 0.4) is 0 Å². The van der Waals surface area contributed by atoms with Crippen LogP contribution >= 0.6 is 0 Å². The molecular formula is C10H21NO3. The lowest BCUT2D eigenvalue weighted by atomic mass is 9.84. The van der Waals surface area contributed by atoms with E-state index in [1.807, 2.05) is 13.8 Å². The van der Waals surface area contributed by atoms with Gasteiger partial charge in [0.05, 0.1) is 31.0 Å². The highest BCUT2D eigenvalue weighted by Gasteiger charge is 2.40. The first-order valence-electron chi connectivity index (χ1n) is 5.12. The van der Waals surface area contributed by atoms with Crippen LogP contribution in [-0.4, -0.2) is 42.7 Å². The maximum absolute atomic E-state index is 8.74. The lowest BCUT2D eigenvalue weighted by Crippen LogP contribution is -2.52. The molecule has 0 saturated carbocycles. The van der Waals surface area contributed by atoms with E-state index in [9.17, 15) is 0 Å². The predicted molar refractivity (Wildman–Crippen MR) is 54.1 cm³/mol. The van der Waals surface area contributed by atoms with Crippen molar-refractivity contribution in [3.63, 3.8) is 0 Å². The number of ether oxygens (including phenoxy) is 2. The van der Waals surface area contributed by atoms with Gasteiger partial charge in [0.15, 0.2) is 0 Å². The van der Waals surface area contributed by atoms with E-state index in [2.05, 4.69) is 0 Å². The average Bonchev–Trinajstić information content (AvgIpc) is 2.13. The van der Waals surface area contributed by atoms with E-state index in [1.165, 1.54) is 0 Å². The molecular weight excluding hydrogens is 182 g/mol. The average molecular weight is 203 g/mol.